The number of nitrogens with one attached hydrogen (secondary N) is 1. The summed E-state index contributed by atoms with van der Waals surface area (Å²) in [4.78, 5) is 12.0. The van der Waals surface area contributed by atoms with Crippen LogP contribution in [0.4, 0.5) is 0 Å². The van der Waals surface area contributed by atoms with E-state index in [2.05, 4.69) is 17.4 Å². The molecule has 4 nitrogen and oxygen atoms in total. The standard InChI is InChI=1S/C14H19NO3/c1-10-3-4-11(2)12(5-10)6-15-13(17)14(7-16)8-18-9-14/h3-5,16H,6-9H2,1-2H3,(H,15,17). The van der Waals surface area contributed by atoms with E-state index in [1.54, 1.807) is 0 Å². The number of ether oxygens (including phenoxy) is 1. The van der Waals surface area contributed by atoms with E-state index < -0.39 is 5.41 Å². The number of benzene rings is 1. The van der Waals surface area contributed by atoms with Gasteiger partial charge in [0.2, 0.25) is 5.91 Å². The van der Waals surface area contributed by atoms with Crippen LogP contribution in [0.3, 0.4) is 0 Å². The fourth-order valence-corrected chi connectivity index (χ4v) is 2.00. The number of aliphatic hydroxyl groups excluding tert-OH is 1. The Morgan fingerprint density at radius 2 is 2.17 bits per heavy atom. The van der Waals surface area contributed by atoms with Gasteiger partial charge in [0.05, 0.1) is 19.8 Å². The summed E-state index contributed by atoms with van der Waals surface area (Å²) in [5, 5.41) is 12.1. The molecule has 0 saturated carbocycles. The number of aryl methyl sites for hydroxylation is 2. The van der Waals surface area contributed by atoms with Gasteiger partial charge in [-0.2, -0.15) is 0 Å². The van der Waals surface area contributed by atoms with Crippen LogP contribution in [0.15, 0.2) is 18.2 Å². The Morgan fingerprint density at radius 3 is 2.72 bits per heavy atom. The molecule has 0 radical (unpaired) electrons. The third-order valence-electron chi connectivity index (χ3n) is 3.49. The van der Waals surface area contributed by atoms with E-state index in [4.69, 9.17) is 4.74 Å². The molecule has 1 fully saturated rings. The predicted octanol–water partition coefficient (Wildman–Crippen LogP) is 0.929. The van der Waals surface area contributed by atoms with Gasteiger partial charge in [0, 0.05) is 6.54 Å². The zero-order chi connectivity index (χ0) is 13.2. The zero-order valence-corrected chi connectivity index (χ0v) is 10.8. The minimum Gasteiger partial charge on any atom is -0.395 e. The minimum absolute atomic E-state index is 0.128. The molecular formula is C14H19NO3. The molecule has 2 rings (SSSR count). The lowest BCUT2D eigenvalue weighted by molar-refractivity contribution is -0.170. The van der Waals surface area contributed by atoms with Gasteiger partial charge in [0.25, 0.3) is 0 Å². The van der Waals surface area contributed by atoms with Crippen LogP contribution >= 0.6 is 0 Å². The first-order valence-electron chi connectivity index (χ1n) is 6.10. The van der Waals surface area contributed by atoms with Gasteiger partial charge in [-0.15, -0.1) is 0 Å². The maximum atomic E-state index is 12.0. The second kappa shape index (κ2) is 5.08. The van der Waals surface area contributed by atoms with Crippen LogP contribution in [-0.4, -0.2) is 30.8 Å². The molecule has 1 heterocycles. The third kappa shape index (κ3) is 2.40. The van der Waals surface area contributed by atoms with E-state index in [-0.39, 0.29) is 12.5 Å². The minimum atomic E-state index is -0.724. The summed E-state index contributed by atoms with van der Waals surface area (Å²) in [6.45, 7) is 5.00. The Kier molecular flexibility index (Phi) is 3.68. The van der Waals surface area contributed by atoms with Gasteiger partial charge in [-0.25, -0.2) is 0 Å². The second-order valence-electron chi connectivity index (χ2n) is 5.04. The number of rotatable bonds is 4. The van der Waals surface area contributed by atoms with Crippen LogP contribution in [0, 0.1) is 19.3 Å². The first-order valence-corrected chi connectivity index (χ1v) is 6.10. The summed E-state index contributed by atoms with van der Waals surface area (Å²) < 4.78 is 5.02. The van der Waals surface area contributed by atoms with Gasteiger partial charge in [-0.3, -0.25) is 4.79 Å². The Morgan fingerprint density at radius 1 is 1.44 bits per heavy atom. The van der Waals surface area contributed by atoms with Crippen LogP contribution in [0.2, 0.25) is 0 Å². The lowest BCUT2D eigenvalue weighted by atomic mass is 9.86. The fourth-order valence-electron chi connectivity index (χ4n) is 2.00. The molecule has 4 heteroatoms. The highest BCUT2D eigenvalue weighted by Crippen LogP contribution is 2.27. The molecule has 1 amide bonds. The van der Waals surface area contributed by atoms with Crippen LogP contribution in [0.5, 0.6) is 0 Å². The van der Waals surface area contributed by atoms with Crippen LogP contribution in [0.25, 0.3) is 0 Å². The van der Waals surface area contributed by atoms with Gasteiger partial charge in [-0.1, -0.05) is 23.8 Å². The molecule has 98 valence electrons. The van der Waals surface area contributed by atoms with Crippen molar-refractivity contribution in [1.29, 1.82) is 0 Å². The molecule has 0 atom stereocenters. The average molecular weight is 249 g/mol. The first-order chi connectivity index (χ1) is 8.57. The smallest absolute Gasteiger partial charge is 0.233 e. The summed E-state index contributed by atoms with van der Waals surface area (Å²) in [5.41, 5.74) is 2.71. The quantitative estimate of drug-likeness (QED) is 0.834. The van der Waals surface area contributed by atoms with Crippen molar-refractivity contribution in [2.24, 2.45) is 5.41 Å². The molecule has 0 bridgehead atoms. The second-order valence-corrected chi connectivity index (χ2v) is 5.04. The zero-order valence-electron chi connectivity index (χ0n) is 10.8. The van der Waals surface area contributed by atoms with Crippen molar-refractivity contribution in [2.75, 3.05) is 19.8 Å². The molecular weight excluding hydrogens is 230 g/mol. The van der Waals surface area contributed by atoms with E-state index in [0.717, 1.165) is 11.1 Å². The van der Waals surface area contributed by atoms with Gasteiger partial charge in [0.1, 0.15) is 5.41 Å². The van der Waals surface area contributed by atoms with Crippen LogP contribution in [0.1, 0.15) is 16.7 Å². The van der Waals surface area contributed by atoms with Gasteiger partial charge < -0.3 is 15.2 Å². The highest BCUT2D eigenvalue weighted by Gasteiger charge is 2.45. The average Bonchev–Trinajstić information content (AvgIpc) is 2.29. The monoisotopic (exact) mass is 249 g/mol. The number of carbonyl (C=O) groups excluding carboxylic acids is 1. The first kappa shape index (κ1) is 13.1. The van der Waals surface area contributed by atoms with Gasteiger partial charge in [0.15, 0.2) is 0 Å². The number of aliphatic hydroxyl groups is 1. The van der Waals surface area contributed by atoms with Crippen molar-refractivity contribution in [2.45, 2.75) is 20.4 Å². The molecule has 1 aromatic carbocycles. The Labute approximate surface area is 107 Å². The number of hydrogen-bond acceptors (Lipinski definition) is 3. The molecule has 1 aliphatic rings. The highest BCUT2D eigenvalue weighted by atomic mass is 16.5. The summed E-state index contributed by atoms with van der Waals surface area (Å²) in [7, 11) is 0. The molecule has 2 N–H and O–H groups in total. The van der Waals surface area contributed by atoms with Crippen LogP contribution in [-0.2, 0) is 16.1 Å². The van der Waals surface area contributed by atoms with E-state index in [1.165, 1.54) is 5.56 Å². The van der Waals surface area contributed by atoms with Crippen molar-refractivity contribution in [3.63, 3.8) is 0 Å². The Bertz CT molecular complexity index is 447. The molecule has 18 heavy (non-hydrogen) atoms. The van der Waals surface area contributed by atoms with E-state index in [9.17, 15) is 9.90 Å². The van der Waals surface area contributed by atoms with Crippen LogP contribution < -0.4 is 5.32 Å². The Hall–Kier alpha value is -1.39. The summed E-state index contributed by atoms with van der Waals surface area (Å²) in [6, 6.07) is 6.17. The topological polar surface area (TPSA) is 58.6 Å². The molecule has 0 unspecified atom stereocenters. The maximum Gasteiger partial charge on any atom is 0.233 e. The van der Waals surface area contributed by atoms with E-state index >= 15 is 0 Å². The molecule has 0 aromatic heterocycles. The molecule has 0 spiro atoms. The largest absolute Gasteiger partial charge is 0.395 e. The maximum absolute atomic E-state index is 12.0. The Balaban J connectivity index is 1.99. The van der Waals surface area contributed by atoms with E-state index in [0.29, 0.717) is 19.8 Å². The summed E-state index contributed by atoms with van der Waals surface area (Å²) >= 11 is 0. The van der Waals surface area contributed by atoms with Crippen molar-refractivity contribution in [3.05, 3.63) is 34.9 Å². The van der Waals surface area contributed by atoms with Gasteiger partial charge >= 0.3 is 0 Å². The third-order valence-corrected chi connectivity index (χ3v) is 3.49. The van der Waals surface area contributed by atoms with Gasteiger partial charge in [-0.05, 0) is 25.0 Å². The SMILES string of the molecule is Cc1ccc(C)c(CNC(=O)C2(CO)COC2)c1. The lowest BCUT2D eigenvalue weighted by Gasteiger charge is -2.38. The van der Waals surface area contributed by atoms with Crippen molar-refractivity contribution >= 4 is 5.91 Å². The van der Waals surface area contributed by atoms with Crippen molar-refractivity contribution in [3.8, 4) is 0 Å². The number of carbonyl (C=O) groups is 1. The molecule has 1 saturated heterocycles. The molecule has 1 aliphatic heterocycles. The summed E-state index contributed by atoms with van der Waals surface area (Å²) in [5.74, 6) is -0.128. The normalized spacial score (nSPS) is 17.1. The molecule has 1 aromatic rings. The predicted molar refractivity (Wildman–Crippen MR) is 68.1 cm³/mol. The molecule has 0 aliphatic carbocycles. The lowest BCUT2D eigenvalue weighted by Crippen LogP contribution is -2.56. The number of amides is 1. The van der Waals surface area contributed by atoms with Crippen molar-refractivity contribution in [1.82, 2.24) is 5.32 Å². The summed E-state index contributed by atoms with van der Waals surface area (Å²) in [6.07, 6.45) is 0. The van der Waals surface area contributed by atoms with Crippen molar-refractivity contribution < 1.29 is 14.6 Å². The van der Waals surface area contributed by atoms with E-state index in [1.807, 2.05) is 19.9 Å². The number of hydrogen-bond donors (Lipinski definition) is 2. The highest BCUT2D eigenvalue weighted by molar-refractivity contribution is 5.83. The fraction of sp³-hybridized carbons (Fsp3) is 0.500.